The van der Waals surface area contributed by atoms with Gasteiger partial charge in [0.1, 0.15) is 5.76 Å². The molecule has 0 bridgehead atoms. The Bertz CT molecular complexity index is 510. The van der Waals surface area contributed by atoms with Gasteiger partial charge in [-0.3, -0.25) is 0 Å². The van der Waals surface area contributed by atoms with Crippen molar-refractivity contribution in [3.05, 3.63) is 46.6 Å². The van der Waals surface area contributed by atoms with Crippen LogP contribution >= 0.6 is 23.4 Å². The Kier molecular flexibility index (Phi) is 4.69. The minimum absolute atomic E-state index is 0.0944. The van der Waals surface area contributed by atoms with Crippen LogP contribution in [0.2, 0.25) is 5.02 Å². The highest BCUT2D eigenvalue weighted by Crippen LogP contribution is 2.24. The molecule has 18 heavy (non-hydrogen) atoms. The second kappa shape index (κ2) is 6.27. The van der Waals surface area contributed by atoms with E-state index in [0.29, 0.717) is 18.1 Å². The molecule has 96 valence electrons. The van der Waals surface area contributed by atoms with E-state index >= 15 is 0 Å². The summed E-state index contributed by atoms with van der Waals surface area (Å²) in [7, 11) is 0. The molecule has 5 heteroatoms. The highest BCUT2D eigenvalue weighted by molar-refractivity contribution is 7.98. The number of aliphatic hydroxyl groups excluding tert-OH is 1. The first-order chi connectivity index (χ1) is 8.69. The lowest BCUT2D eigenvalue weighted by Crippen LogP contribution is -1.93. The Morgan fingerprint density at radius 1 is 1.33 bits per heavy atom. The Hall–Kier alpha value is -0.970. The first-order valence-corrected chi connectivity index (χ1v) is 7.00. The molecule has 0 atom stereocenters. The van der Waals surface area contributed by atoms with Crippen LogP contribution in [-0.4, -0.2) is 16.7 Å². The minimum atomic E-state index is 0.0944. The van der Waals surface area contributed by atoms with Crippen molar-refractivity contribution in [1.82, 2.24) is 4.98 Å². The van der Waals surface area contributed by atoms with Gasteiger partial charge in [0.05, 0.1) is 11.4 Å². The Morgan fingerprint density at radius 2 is 2.06 bits per heavy atom. The van der Waals surface area contributed by atoms with Gasteiger partial charge in [-0.1, -0.05) is 11.6 Å². The lowest BCUT2D eigenvalue weighted by atomic mass is 10.3. The number of oxazole rings is 1. The Morgan fingerprint density at radius 3 is 2.72 bits per heavy atom. The van der Waals surface area contributed by atoms with Gasteiger partial charge >= 0.3 is 0 Å². The van der Waals surface area contributed by atoms with E-state index in [9.17, 15) is 0 Å². The minimum Gasteiger partial charge on any atom is -0.445 e. The summed E-state index contributed by atoms with van der Waals surface area (Å²) in [5.41, 5.74) is 0.837. The molecular weight excluding hydrogens is 270 g/mol. The van der Waals surface area contributed by atoms with Crippen LogP contribution in [-0.2, 0) is 12.2 Å². The zero-order chi connectivity index (χ0) is 13.0. The quantitative estimate of drug-likeness (QED) is 0.854. The topological polar surface area (TPSA) is 46.3 Å². The average Bonchev–Trinajstić information content (AvgIpc) is 2.70. The van der Waals surface area contributed by atoms with Crippen molar-refractivity contribution in [3.63, 3.8) is 0 Å². The van der Waals surface area contributed by atoms with Crippen LogP contribution in [0.3, 0.4) is 0 Å². The second-order valence-electron chi connectivity index (χ2n) is 3.83. The van der Waals surface area contributed by atoms with E-state index in [2.05, 4.69) is 4.98 Å². The number of hydrogen-bond acceptors (Lipinski definition) is 4. The van der Waals surface area contributed by atoms with E-state index in [-0.39, 0.29) is 6.61 Å². The van der Waals surface area contributed by atoms with Gasteiger partial charge in [-0.25, -0.2) is 4.98 Å². The summed E-state index contributed by atoms with van der Waals surface area (Å²) < 4.78 is 5.54. The molecule has 2 aromatic rings. The molecule has 0 radical (unpaired) electrons. The van der Waals surface area contributed by atoms with Crippen LogP contribution in [0.1, 0.15) is 17.3 Å². The highest BCUT2D eigenvalue weighted by Gasteiger charge is 2.09. The smallest absolute Gasteiger partial charge is 0.204 e. The van der Waals surface area contributed by atoms with Gasteiger partial charge in [-0.15, -0.1) is 11.8 Å². The molecule has 0 aliphatic carbocycles. The van der Waals surface area contributed by atoms with E-state index in [1.54, 1.807) is 11.8 Å². The summed E-state index contributed by atoms with van der Waals surface area (Å²) in [4.78, 5) is 5.48. The maximum absolute atomic E-state index is 8.89. The largest absolute Gasteiger partial charge is 0.445 e. The van der Waals surface area contributed by atoms with E-state index in [1.807, 2.05) is 31.2 Å². The van der Waals surface area contributed by atoms with Crippen molar-refractivity contribution in [3.8, 4) is 0 Å². The number of benzene rings is 1. The molecule has 1 aromatic heterocycles. The van der Waals surface area contributed by atoms with E-state index in [0.717, 1.165) is 21.4 Å². The van der Waals surface area contributed by atoms with Gasteiger partial charge in [-0.05, 0) is 31.2 Å². The van der Waals surface area contributed by atoms with Gasteiger partial charge in [0.15, 0.2) is 0 Å². The van der Waals surface area contributed by atoms with E-state index in [4.69, 9.17) is 21.1 Å². The fraction of sp³-hybridized carbons (Fsp3) is 0.308. The van der Waals surface area contributed by atoms with E-state index < -0.39 is 0 Å². The maximum atomic E-state index is 8.89. The fourth-order valence-electron chi connectivity index (χ4n) is 1.56. The Balaban J connectivity index is 1.97. The second-order valence-corrected chi connectivity index (χ2v) is 5.31. The molecule has 2 rings (SSSR count). The molecule has 0 spiro atoms. The van der Waals surface area contributed by atoms with Gasteiger partial charge in [-0.2, -0.15) is 0 Å². The van der Waals surface area contributed by atoms with Gasteiger partial charge in [0.2, 0.25) is 5.89 Å². The predicted molar refractivity (Wildman–Crippen MR) is 73.0 cm³/mol. The summed E-state index contributed by atoms with van der Waals surface area (Å²) in [6.45, 7) is 1.96. The van der Waals surface area contributed by atoms with E-state index in [1.165, 1.54) is 0 Å². The van der Waals surface area contributed by atoms with Crippen LogP contribution in [0.25, 0.3) is 0 Å². The molecule has 0 aliphatic rings. The number of nitrogens with zero attached hydrogens (tertiary/aromatic N) is 1. The van der Waals surface area contributed by atoms with Gasteiger partial charge in [0, 0.05) is 22.9 Å². The predicted octanol–water partition coefficient (Wildman–Crippen LogP) is 3.46. The molecule has 0 unspecified atom stereocenters. The van der Waals surface area contributed by atoms with Crippen molar-refractivity contribution in [2.24, 2.45) is 0 Å². The molecule has 1 heterocycles. The Labute approximate surface area is 115 Å². The fourth-order valence-corrected chi connectivity index (χ4v) is 2.43. The SMILES string of the molecule is Cc1oc(CSc2ccc(Cl)cc2)nc1CCO. The number of aryl methyl sites for hydroxylation is 1. The number of rotatable bonds is 5. The number of hydrogen-bond donors (Lipinski definition) is 1. The summed E-state index contributed by atoms with van der Waals surface area (Å²) >= 11 is 7.47. The third-order valence-electron chi connectivity index (χ3n) is 2.46. The molecule has 1 aromatic carbocycles. The first kappa shape index (κ1) is 13.5. The zero-order valence-electron chi connectivity index (χ0n) is 10.0. The molecule has 0 fully saturated rings. The average molecular weight is 284 g/mol. The zero-order valence-corrected chi connectivity index (χ0v) is 11.6. The number of thioether (sulfide) groups is 1. The summed E-state index contributed by atoms with van der Waals surface area (Å²) in [5.74, 6) is 2.15. The lowest BCUT2D eigenvalue weighted by molar-refractivity contribution is 0.297. The monoisotopic (exact) mass is 283 g/mol. The van der Waals surface area contributed by atoms with Crippen molar-refractivity contribution in [2.45, 2.75) is 24.0 Å². The molecule has 3 nitrogen and oxygen atoms in total. The lowest BCUT2D eigenvalue weighted by Gasteiger charge is -1.98. The van der Waals surface area contributed by atoms with Crippen LogP contribution in [0, 0.1) is 6.92 Å². The molecule has 1 N–H and O–H groups in total. The van der Waals surface area contributed by atoms with Crippen molar-refractivity contribution < 1.29 is 9.52 Å². The summed E-state index contributed by atoms with van der Waals surface area (Å²) in [6.07, 6.45) is 0.543. The third kappa shape index (κ3) is 3.51. The molecular formula is C13H14ClNO2S. The third-order valence-corrected chi connectivity index (χ3v) is 3.71. The molecule has 0 aliphatic heterocycles. The highest BCUT2D eigenvalue weighted by atomic mass is 35.5. The molecule has 0 saturated carbocycles. The van der Waals surface area contributed by atoms with Crippen molar-refractivity contribution in [1.29, 1.82) is 0 Å². The maximum Gasteiger partial charge on any atom is 0.204 e. The standard InChI is InChI=1S/C13H14ClNO2S/c1-9-12(6-7-16)15-13(17-9)8-18-11-4-2-10(14)3-5-11/h2-5,16H,6-8H2,1H3. The van der Waals surface area contributed by atoms with Gasteiger partial charge in [0.25, 0.3) is 0 Å². The first-order valence-electron chi connectivity index (χ1n) is 5.63. The number of aliphatic hydroxyl groups is 1. The number of aromatic nitrogens is 1. The van der Waals surface area contributed by atoms with Crippen LogP contribution in [0.5, 0.6) is 0 Å². The van der Waals surface area contributed by atoms with Crippen molar-refractivity contribution in [2.75, 3.05) is 6.61 Å². The van der Waals surface area contributed by atoms with Crippen molar-refractivity contribution >= 4 is 23.4 Å². The normalized spacial score (nSPS) is 10.8. The molecule has 0 amide bonds. The molecule has 0 saturated heterocycles. The summed E-state index contributed by atoms with van der Waals surface area (Å²) in [6, 6.07) is 7.67. The number of halogens is 1. The summed E-state index contributed by atoms with van der Waals surface area (Å²) in [5, 5.41) is 9.62. The van der Waals surface area contributed by atoms with Crippen LogP contribution in [0.15, 0.2) is 33.6 Å². The van der Waals surface area contributed by atoms with Crippen LogP contribution < -0.4 is 0 Å². The van der Waals surface area contributed by atoms with Crippen LogP contribution in [0.4, 0.5) is 0 Å². The van der Waals surface area contributed by atoms with Gasteiger partial charge < -0.3 is 9.52 Å².